The predicted molar refractivity (Wildman–Crippen MR) is 114 cm³/mol. The number of nitro groups is 1. The summed E-state index contributed by atoms with van der Waals surface area (Å²) in [6.45, 7) is 2.77. The number of rotatable bonds is 5. The normalized spacial score (nSPS) is 14.0. The Kier molecular flexibility index (Phi) is 5.44. The Morgan fingerprint density at radius 2 is 1.59 bits per heavy atom. The predicted octanol–water partition coefficient (Wildman–Crippen LogP) is 4.11. The van der Waals surface area contributed by atoms with Gasteiger partial charge in [0.05, 0.1) is 4.92 Å². The van der Waals surface area contributed by atoms with Gasteiger partial charge in [0.1, 0.15) is 6.33 Å². The molecule has 29 heavy (non-hydrogen) atoms. The van der Waals surface area contributed by atoms with Crippen molar-refractivity contribution < 1.29 is 4.92 Å². The van der Waals surface area contributed by atoms with Crippen molar-refractivity contribution >= 4 is 40.3 Å². The van der Waals surface area contributed by atoms with Crippen LogP contribution in [0.5, 0.6) is 0 Å². The number of hydrogen-bond acceptors (Lipinski definition) is 7. The molecule has 1 aliphatic rings. The van der Waals surface area contributed by atoms with Gasteiger partial charge in [-0.1, -0.05) is 29.8 Å². The Morgan fingerprint density at radius 1 is 0.931 bits per heavy atom. The van der Waals surface area contributed by atoms with Gasteiger partial charge in [0.15, 0.2) is 0 Å². The molecule has 0 aliphatic carbocycles. The van der Waals surface area contributed by atoms with Crippen LogP contribution in [0, 0.1) is 10.1 Å². The topological polar surface area (TPSA) is 87.4 Å². The Hall–Kier alpha value is -3.39. The van der Waals surface area contributed by atoms with Crippen molar-refractivity contribution in [3.05, 3.63) is 76.1 Å². The third-order valence-corrected chi connectivity index (χ3v) is 5.05. The highest BCUT2D eigenvalue weighted by atomic mass is 35.5. The Balaban J connectivity index is 1.56. The summed E-state index contributed by atoms with van der Waals surface area (Å²) in [7, 11) is 0. The molecule has 1 fully saturated rings. The highest BCUT2D eigenvalue weighted by Crippen LogP contribution is 2.34. The van der Waals surface area contributed by atoms with E-state index < -0.39 is 4.92 Å². The van der Waals surface area contributed by atoms with Gasteiger partial charge in [-0.15, -0.1) is 0 Å². The number of aromatic nitrogens is 2. The average Bonchev–Trinajstić information content (AvgIpc) is 2.76. The van der Waals surface area contributed by atoms with Gasteiger partial charge in [-0.2, -0.15) is 0 Å². The molecule has 1 N–H and O–H groups in total. The van der Waals surface area contributed by atoms with Gasteiger partial charge in [-0.25, -0.2) is 9.97 Å². The van der Waals surface area contributed by atoms with Crippen LogP contribution < -0.4 is 15.1 Å². The second-order valence-corrected chi connectivity index (χ2v) is 7.03. The lowest BCUT2D eigenvalue weighted by Gasteiger charge is -2.36. The molecular formula is C20H19ClN6O2. The maximum absolute atomic E-state index is 11.8. The summed E-state index contributed by atoms with van der Waals surface area (Å²) in [5.74, 6) is 0.488. The van der Waals surface area contributed by atoms with E-state index in [0.717, 1.165) is 18.8 Å². The Bertz CT molecular complexity index is 992. The summed E-state index contributed by atoms with van der Waals surface area (Å²) in [5.41, 5.74) is 1.68. The summed E-state index contributed by atoms with van der Waals surface area (Å²) in [4.78, 5) is 23.9. The van der Waals surface area contributed by atoms with Gasteiger partial charge in [0, 0.05) is 42.6 Å². The molecule has 1 aromatic heterocycles. The first kappa shape index (κ1) is 18.9. The van der Waals surface area contributed by atoms with Crippen LogP contribution in [-0.4, -0.2) is 41.1 Å². The Labute approximate surface area is 172 Å². The summed E-state index contributed by atoms with van der Waals surface area (Å²) >= 11 is 5.91. The molecule has 1 saturated heterocycles. The molecule has 0 amide bonds. The van der Waals surface area contributed by atoms with Crippen LogP contribution in [0.2, 0.25) is 5.02 Å². The maximum atomic E-state index is 11.8. The molecule has 8 nitrogen and oxygen atoms in total. The van der Waals surface area contributed by atoms with Gasteiger partial charge < -0.3 is 15.1 Å². The summed E-state index contributed by atoms with van der Waals surface area (Å²) in [6, 6.07) is 17.0. The minimum Gasteiger partial charge on any atom is -0.368 e. The van der Waals surface area contributed by atoms with Gasteiger partial charge in [-0.05, 0) is 36.4 Å². The van der Waals surface area contributed by atoms with Crippen LogP contribution in [0.4, 0.5) is 28.7 Å². The second kappa shape index (κ2) is 8.32. The zero-order valence-electron chi connectivity index (χ0n) is 15.5. The molecule has 2 heterocycles. The molecule has 9 heteroatoms. The van der Waals surface area contributed by atoms with Crippen molar-refractivity contribution in [2.75, 3.05) is 41.3 Å². The molecule has 3 aromatic rings. The zero-order chi connectivity index (χ0) is 20.2. The minimum absolute atomic E-state index is 0.129. The zero-order valence-corrected chi connectivity index (χ0v) is 16.3. The average molecular weight is 411 g/mol. The van der Waals surface area contributed by atoms with Gasteiger partial charge in [0.25, 0.3) is 0 Å². The van der Waals surface area contributed by atoms with E-state index in [1.165, 1.54) is 6.33 Å². The van der Waals surface area contributed by atoms with Gasteiger partial charge in [-0.3, -0.25) is 10.1 Å². The van der Waals surface area contributed by atoms with Crippen LogP contribution in [0.1, 0.15) is 0 Å². The largest absolute Gasteiger partial charge is 0.368 e. The molecule has 0 atom stereocenters. The lowest BCUT2D eigenvalue weighted by Crippen LogP contribution is -2.47. The first-order chi connectivity index (χ1) is 14.1. The van der Waals surface area contributed by atoms with E-state index in [0.29, 0.717) is 29.6 Å². The lowest BCUT2D eigenvalue weighted by atomic mass is 10.2. The number of anilines is 4. The van der Waals surface area contributed by atoms with Crippen LogP contribution in [0.25, 0.3) is 0 Å². The molecule has 1 aliphatic heterocycles. The molecule has 2 aromatic carbocycles. The van der Waals surface area contributed by atoms with Crippen molar-refractivity contribution in [1.29, 1.82) is 0 Å². The molecule has 0 spiro atoms. The molecule has 0 saturated carbocycles. The van der Waals surface area contributed by atoms with E-state index in [1.807, 2.05) is 23.1 Å². The number of piperazine rings is 1. The van der Waals surface area contributed by atoms with E-state index in [2.05, 4.69) is 32.3 Å². The fraction of sp³-hybridized carbons (Fsp3) is 0.200. The smallest absolute Gasteiger partial charge is 0.353 e. The molecule has 0 bridgehead atoms. The molecule has 148 valence electrons. The van der Waals surface area contributed by atoms with E-state index >= 15 is 0 Å². The first-order valence-electron chi connectivity index (χ1n) is 9.19. The number of nitrogens with one attached hydrogen (secondary N) is 1. The lowest BCUT2D eigenvalue weighted by molar-refractivity contribution is -0.383. The van der Waals surface area contributed by atoms with Crippen LogP contribution in [0.15, 0.2) is 60.9 Å². The minimum atomic E-state index is -0.433. The van der Waals surface area contributed by atoms with Crippen LogP contribution in [-0.2, 0) is 0 Å². The fourth-order valence-electron chi connectivity index (χ4n) is 3.35. The summed E-state index contributed by atoms with van der Waals surface area (Å²) in [6.07, 6.45) is 1.35. The third-order valence-electron chi connectivity index (χ3n) is 4.79. The monoisotopic (exact) mass is 410 g/mol. The first-order valence-corrected chi connectivity index (χ1v) is 9.56. The maximum Gasteiger partial charge on any atom is 0.353 e. The van der Waals surface area contributed by atoms with Crippen molar-refractivity contribution in [2.45, 2.75) is 0 Å². The standard InChI is InChI=1S/C20H19ClN6O2/c21-15-6-8-16(9-7-15)24-19-18(27(28)29)20(23-14-22-19)26-12-10-25(11-13-26)17-4-2-1-3-5-17/h1-9,14H,10-13H2,(H,22,23,24). The number of para-hydroxylation sites is 1. The molecular weight excluding hydrogens is 392 g/mol. The van der Waals surface area contributed by atoms with E-state index in [9.17, 15) is 10.1 Å². The highest BCUT2D eigenvalue weighted by molar-refractivity contribution is 6.30. The van der Waals surface area contributed by atoms with Crippen LogP contribution in [0.3, 0.4) is 0 Å². The van der Waals surface area contributed by atoms with E-state index in [-0.39, 0.29) is 11.5 Å². The van der Waals surface area contributed by atoms with E-state index in [1.54, 1.807) is 24.3 Å². The SMILES string of the molecule is O=[N+]([O-])c1c(Nc2ccc(Cl)cc2)ncnc1N1CCN(c2ccccc2)CC1. The molecule has 0 radical (unpaired) electrons. The summed E-state index contributed by atoms with van der Waals surface area (Å²) < 4.78 is 0. The van der Waals surface area contributed by atoms with Gasteiger partial charge in [0.2, 0.25) is 11.6 Å². The van der Waals surface area contributed by atoms with Crippen molar-refractivity contribution in [3.8, 4) is 0 Å². The van der Waals surface area contributed by atoms with Crippen molar-refractivity contribution in [1.82, 2.24) is 9.97 Å². The second-order valence-electron chi connectivity index (χ2n) is 6.59. The third kappa shape index (κ3) is 4.22. The van der Waals surface area contributed by atoms with Gasteiger partial charge >= 0.3 is 5.69 Å². The summed E-state index contributed by atoms with van der Waals surface area (Å²) in [5, 5.41) is 15.4. The fourth-order valence-corrected chi connectivity index (χ4v) is 3.47. The number of halogens is 1. The quantitative estimate of drug-likeness (QED) is 0.500. The molecule has 0 unspecified atom stereocenters. The highest BCUT2D eigenvalue weighted by Gasteiger charge is 2.29. The van der Waals surface area contributed by atoms with Crippen molar-refractivity contribution in [2.24, 2.45) is 0 Å². The molecule has 4 rings (SSSR count). The van der Waals surface area contributed by atoms with Crippen LogP contribution >= 0.6 is 11.6 Å². The Morgan fingerprint density at radius 3 is 2.24 bits per heavy atom. The number of nitrogens with zero attached hydrogens (tertiary/aromatic N) is 5. The van der Waals surface area contributed by atoms with Crippen molar-refractivity contribution in [3.63, 3.8) is 0 Å². The number of benzene rings is 2. The van der Waals surface area contributed by atoms with E-state index in [4.69, 9.17) is 11.6 Å². The number of hydrogen-bond donors (Lipinski definition) is 1.